The standard InChI is InChI=1S/C17H34N3O2Si/c1-7-8-9-10-11-12-13-14(21)15(19-20-18)16(23(5)6)22-17(2,3)4/h12-16,21H,7-11H2,1-6H3/b13-12+/t14-,15+,16?/m1/s1. The van der Waals surface area contributed by atoms with Crippen LogP contribution in [0.5, 0.6) is 0 Å². The molecule has 23 heavy (non-hydrogen) atoms. The SMILES string of the molecule is CCCCCC/C=C/[C@@H](O)[C@H](N=[N+]=[N-])C(OC(C)(C)C)[Si](C)C. The summed E-state index contributed by atoms with van der Waals surface area (Å²) in [7, 11) is -0.894. The van der Waals surface area contributed by atoms with Gasteiger partial charge in [0.1, 0.15) is 0 Å². The van der Waals surface area contributed by atoms with Gasteiger partial charge in [-0.25, -0.2) is 0 Å². The molecule has 0 bridgehead atoms. The van der Waals surface area contributed by atoms with Crippen molar-refractivity contribution >= 4 is 8.80 Å². The summed E-state index contributed by atoms with van der Waals surface area (Å²) in [4.78, 5) is 2.93. The second-order valence-corrected chi connectivity index (χ2v) is 9.92. The molecule has 0 saturated carbocycles. The average Bonchev–Trinajstić information content (AvgIpc) is 2.45. The summed E-state index contributed by atoms with van der Waals surface area (Å²) < 4.78 is 6.08. The second-order valence-electron chi connectivity index (χ2n) is 7.19. The minimum atomic E-state index is -0.894. The first kappa shape index (κ1) is 22.2. The maximum absolute atomic E-state index is 10.4. The molecule has 0 aromatic carbocycles. The number of unbranched alkanes of at least 4 members (excludes halogenated alkanes) is 4. The van der Waals surface area contributed by atoms with Crippen LogP contribution in [-0.2, 0) is 4.74 Å². The number of nitrogens with zero attached hydrogens (tertiary/aromatic N) is 3. The van der Waals surface area contributed by atoms with Gasteiger partial charge in [-0.3, -0.25) is 0 Å². The zero-order chi connectivity index (χ0) is 17.9. The highest BCUT2D eigenvalue weighted by molar-refractivity contribution is 6.57. The quantitative estimate of drug-likeness (QED) is 0.143. The third-order valence-corrected chi connectivity index (χ3v) is 5.05. The first-order chi connectivity index (χ1) is 10.7. The number of allylic oxidation sites excluding steroid dienone is 1. The molecule has 0 aliphatic heterocycles. The molecule has 1 unspecified atom stereocenters. The number of aliphatic hydroxyl groups excluding tert-OH is 1. The molecule has 0 fully saturated rings. The van der Waals surface area contributed by atoms with Crippen molar-refractivity contribution in [2.75, 3.05) is 0 Å². The third kappa shape index (κ3) is 10.6. The first-order valence-electron chi connectivity index (χ1n) is 8.59. The summed E-state index contributed by atoms with van der Waals surface area (Å²) in [6.45, 7) is 12.4. The summed E-state index contributed by atoms with van der Waals surface area (Å²) in [5.41, 5.74) is 8.30. The molecule has 0 heterocycles. The lowest BCUT2D eigenvalue weighted by atomic mass is 10.1. The monoisotopic (exact) mass is 340 g/mol. The summed E-state index contributed by atoms with van der Waals surface area (Å²) in [5, 5.41) is 14.3. The van der Waals surface area contributed by atoms with Crippen LogP contribution in [0.15, 0.2) is 17.3 Å². The Morgan fingerprint density at radius 1 is 1.26 bits per heavy atom. The van der Waals surface area contributed by atoms with Crippen molar-refractivity contribution in [3.8, 4) is 0 Å². The van der Waals surface area contributed by atoms with Gasteiger partial charge in [0.2, 0.25) is 0 Å². The Labute approximate surface area is 143 Å². The zero-order valence-electron chi connectivity index (χ0n) is 15.6. The number of rotatable bonds is 11. The van der Waals surface area contributed by atoms with E-state index in [-0.39, 0.29) is 11.3 Å². The van der Waals surface area contributed by atoms with E-state index in [1.807, 2.05) is 26.8 Å². The van der Waals surface area contributed by atoms with Gasteiger partial charge in [0.05, 0.1) is 32.3 Å². The number of hydrogen-bond acceptors (Lipinski definition) is 3. The van der Waals surface area contributed by atoms with Crippen LogP contribution in [0.1, 0.15) is 59.8 Å². The van der Waals surface area contributed by atoms with Crippen LogP contribution in [0.3, 0.4) is 0 Å². The van der Waals surface area contributed by atoms with Crippen molar-refractivity contribution in [3.05, 3.63) is 22.6 Å². The summed E-state index contributed by atoms with van der Waals surface area (Å²) in [6, 6.07) is -0.574. The van der Waals surface area contributed by atoms with Crippen LogP contribution in [0, 0.1) is 0 Å². The van der Waals surface area contributed by atoms with Gasteiger partial charge in [0, 0.05) is 4.91 Å². The van der Waals surface area contributed by atoms with E-state index in [9.17, 15) is 5.11 Å². The lowest BCUT2D eigenvalue weighted by Gasteiger charge is -2.34. The van der Waals surface area contributed by atoms with Crippen molar-refractivity contribution in [2.24, 2.45) is 5.11 Å². The Kier molecular flexibility index (Phi) is 11.3. The molecular formula is C17H34N3O2Si. The van der Waals surface area contributed by atoms with Crippen LogP contribution in [-0.4, -0.2) is 37.4 Å². The first-order valence-corrected chi connectivity index (χ1v) is 11.2. The molecule has 0 spiro atoms. The van der Waals surface area contributed by atoms with Gasteiger partial charge in [0.25, 0.3) is 0 Å². The molecule has 0 aromatic heterocycles. The molecule has 6 heteroatoms. The van der Waals surface area contributed by atoms with Crippen molar-refractivity contribution in [1.29, 1.82) is 0 Å². The van der Waals surface area contributed by atoms with E-state index in [1.165, 1.54) is 19.3 Å². The topological polar surface area (TPSA) is 78.2 Å². The normalized spacial score (nSPS) is 16.3. The van der Waals surface area contributed by atoms with E-state index in [4.69, 9.17) is 10.3 Å². The highest BCUT2D eigenvalue weighted by atomic mass is 28.3. The molecule has 133 valence electrons. The molecule has 0 aromatic rings. The van der Waals surface area contributed by atoms with E-state index >= 15 is 0 Å². The maximum atomic E-state index is 10.4. The molecule has 0 rings (SSSR count). The molecule has 1 N–H and O–H groups in total. The predicted molar refractivity (Wildman–Crippen MR) is 98.9 cm³/mol. The Hall–Kier alpha value is -0.813. The predicted octanol–water partition coefficient (Wildman–Crippen LogP) is 5.03. The second kappa shape index (κ2) is 11.7. The minimum Gasteiger partial charge on any atom is -0.389 e. The smallest absolute Gasteiger partial charge is 0.0899 e. The van der Waals surface area contributed by atoms with E-state index in [0.29, 0.717) is 0 Å². The fourth-order valence-electron chi connectivity index (χ4n) is 2.32. The molecule has 1 radical (unpaired) electrons. The van der Waals surface area contributed by atoms with Crippen molar-refractivity contribution in [3.63, 3.8) is 0 Å². The van der Waals surface area contributed by atoms with Gasteiger partial charge < -0.3 is 9.84 Å². The number of ether oxygens (including phenoxy) is 1. The van der Waals surface area contributed by atoms with Gasteiger partial charge in [-0.05, 0) is 39.1 Å². The fourth-order valence-corrected chi connectivity index (χ4v) is 3.85. The van der Waals surface area contributed by atoms with Crippen LogP contribution in [0.25, 0.3) is 10.4 Å². The Bertz CT molecular complexity index is 388. The fraction of sp³-hybridized carbons (Fsp3) is 0.882. The Balaban J connectivity index is 4.84. The van der Waals surface area contributed by atoms with Crippen LogP contribution in [0.4, 0.5) is 0 Å². The molecule has 0 aliphatic carbocycles. The van der Waals surface area contributed by atoms with Gasteiger partial charge >= 0.3 is 0 Å². The van der Waals surface area contributed by atoms with E-state index in [2.05, 4.69) is 30.0 Å². The average molecular weight is 341 g/mol. The molecule has 3 atom stereocenters. The third-order valence-electron chi connectivity index (χ3n) is 3.45. The minimum absolute atomic E-state index is 0.226. The number of hydrogen-bond donors (Lipinski definition) is 1. The van der Waals surface area contributed by atoms with E-state index in [0.717, 1.165) is 12.8 Å². The highest BCUT2D eigenvalue weighted by Crippen LogP contribution is 2.20. The van der Waals surface area contributed by atoms with Gasteiger partial charge in [-0.2, -0.15) is 0 Å². The van der Waals surface area contributed by atoms with Crippen LogP contribution < -0.4 is 0 Å². The summed E-state index contributed by atoms with van der Waals surface area (Å²) in [6.07, 6.45) is 8.70. The molecular weight excluding hydrogens is 306 g/mol. The van der Waals surface area contributed by atoms with Crippen molar-refractivity contribution in [2.45, 2.75) is 96.4 Å². The highest BCUT2D eigenvalue weighted by Gasteiger charge is 2.33. The number of azide groups is 1. The largest absolute Gasteiger partial charge is 0.389 e. The summed E-state index contributed by atoms with van der Waals surface area (Å²) in [5.74, 6) is 0. The van der Waals surface area contributed by atoms with E-state index < -0.39 is 20.9 Å². The van der Waals surface area contributed by atoms with Crippen LogP contribution >= 0.6 is 0 Å². The maximum Gasteiger partial charge on any atom is 0.0899 e. The van der Waals surface area contributed by atoms with Gasteiger partial charge in [-0.15, -0.1) is 0 Å². The zero-order valence-corrected chi connectivity index (χ0v) is 16.6. The molecule has 5 nitrogen and oxygen atoms in total. The van der Waals surface area contributed by atoms with Crippen LogP contribution in [0.2, 0.25) is 13.1 Å². The molecule has 0 amide bonds. The molecule has 0 aliphatic rings. The van der Waals surface area contributed by atoms with Crippen molar-refractivity contribution in [1.82, 2.24) is 0 Å². The Morgan fingerprint density at radius 3 is 2.39 bits per heavy atom. The van der Waals surface area contributed by atoms with Crippen molar-refractivity contribution < 1.29 is 9.84 Å². The van der Waals surface area contributed by atoms with Gasteiger partial charge in [0.15, 0.2) is 0 Å². The number of aliphatic hydroxyl groups is 1. The Morgan fingerprint density at radius 2 is 1.91 bits per heavy atom. The molecule has 0 saturated heterocycles. The summed E-state index contributed by atoms with van der Waals surface area (Å²) >= 11 is 0. The lowest BCUT2D eigenvalue weighted by Crippen LogP contribution is -2.47. The van der Waals surface area contributed by atoms with Gasteiger partial charge in [-0.1, -0.05) is 56.5 Å². The van der Waals surface area contributed by atoms with E-state index in [1.54, 1.807) is 6.08 Å². The lowest BCUT2D eigenvalue weighted by molar-refractivity contribution is -0.0475.